The lowest BCUT2D eigenvalue weighted by molar-refractivity contribution is -0.118. The van der Waals surface area contributed by atoms with Gasteiger partial charge in [0.25, 0.3) is 0 Å². The monoisotopic (exact) mass is 339 g/mol. The van der Waals surface area contributed by atoms with E-state index in [4.69, 9.17) is 0 Å². The van der Waals surface area contributed by atoms with Gasteiger partial charge in [-0.25, -0.2) is 0 Å². The lowest BCUT2D eigenvalue weighted by atomic mass is 9.83. The van der Waals surface area contributed by atoms with E-state index >= 15 is 0 Å². The fraction of sp³-hybridized carbons (Fsp3) is 0.545. The molecule has 0 unspecified atom stereocenters. The average molecular weight is 339 g/mol. The van der Waals surface area contributed by atoms with Crippen LogP contribution in [-0.4, -0.2) is 17.6 Å². The summed E-state index contributed by atoms with van der Waals surface area (Å²) in [7, 11) is 0. The highest BCUT2D eigenvalue weighted by molar-refractivity contribution is 5.99. The Morgan fingerprint density at radius 1 is 1.16 bits per heavy atom. The minimum Gasteiger partial charge on any atom is -0.379 e. The molecule has 0 amide bonds. The maximum Gasteiger partial charge on any atom is 0.160 e. The van der Waals surface area contributed by atoms with Crippen molar-refractivity contribution in [2.24, 2.45) is 5.92 Å². The SMILES string of the molecule is Cc1cc2c(cc1C=O)C(=CC(=O)C1CCCCCC1)NC(C)(C)C2. The lowest BCUT2D eigenvalue weighted by Gasteiger charge is -2.36. The van der Waals surface area contributed by atoms with Crippen LogP contribution in [0, 0.1) is 12.8 Å². The van der Waals surface area contributed by atoms with Gasteiger partial charge in [-0.15, -0.1) is 0 Å². The van der Waals surface area contributed by atoms with Crippen LogP contribution in [0.4, 0.5) is 0 Å². The first-order valence-corrected chi connectivity index (χ1v) is 9.52. The Morgan fingerprint density at radius 2 is 1.84 bits per heavy atom. The molecule has 0 atom stereocenters. The molecule has 3 nitrogen and oxygen atoms in total. The van der Waals surface area contributed by atoms with Crippen LogP contribution in [0.2, 0.25) is 0 Å². The molecule has 3 rings (SSSR count). The molecule has 25 heavy (non-hydrogen) atoms. The summed E-state index contributed by atoms with van der Waals surface area (Å²) in [5.41, 5.74) is 4.70. The molecule has 0 radical (unpaired) electrons. The second-order valence-corrected chi connectivity index (χ2v) is 8.32. The van der Waals surface area contributed by atoms with E-state index in [1.54, 1.807) is 6.08 Å². The van der Waals surface area contributed by atoms with Crippen LogP contribution in [0.5, 0.6) is 0 Å². The molecule has 1 N–H and O–H groups in total. The Kier molecular flexibility index (Phi) is 5.12. The third kappa shape index (κ3) is 4.02. The number of benzene rings is 1. The smallest absolute Gasteiger partial charge is 0.160 e. The number of carbonyl (C=O) groups is 2. The first kappa shape index (κ1) is 17.9. The van der Waals surface area contributed by atoms with Crippen LogP contribution in [-0.2, 0) is 11.2 Å². The predicted octanol–water partition coefficient (Wildman–Crippen LogP) is 4.61. The van der Waals surface area contributed by atoms with E-state index in [1.807, 2.05) is 13.0 Å². The Morgan fingerprint density at radius 3 is 2.48 bits per heavy atom. The maximum absolute atomic E-state index is 12.9. The number of allylic oxidation sites excluding steroid dienone is 1. The van der Waals surface area contributed by atoms with Gasteiger partial charge in [-0.3, -0.25) is 9.59 Å². The summed E-state index contributed by atoms with van der Waals surface area (Å²) in [5, 5.41) is 3.53. The zero-order valence-corrected chi connectivity index (χ0v) is 15.7. The van der Waals surface area contributed by atoms with Gasteiger partial charge >= 0.3 is 0 Å². The first-order chi connectivity index (χ1) is 11.9. The molecule has 3 heteroatoms. The van der Waals surface area contributed by atoms with E-state index in [1.165, 1.54) is 18.4 Å². The van der Waals surface area contributed by atoms with Crippen molar-refractivity contribution in [2.45, 2.75) is 71.3 Å². The molecular weight excluding hydrogens is 310 g/mol. The molecule has 1 aliphatic heterocycles. The molecule has 1 heterocycles. The van der Waals surface area contributed by atoms with Gasteiger partial charge in [-0.1, -0.05) is 31.7 Å². The topological polar surface area (TPSA) is 46.2 Å². The van der Waals surface area contributed by atoms with E-state index in [9.17, 15) is 9.59 Å². The third-order valence-corrected chi connectivity index (χ3v) is 5.56. The summed E-state index contributed by atoms with van der Waals surface area (Å²) < 4.78 is 0. The zero-order chi connectivity index (χ0) is 18.0. The number of rotatable bonds is 3. The molecule has 0 bridgehead atoms. The van der Waals surface area contributed by atoms with Gasteiger partial charge < -0.3 is 5.32 Å². The number of hydrogen-bond acceptors (Lipinski definition) is 3. The number of nitrogens with one attached hydrogen (secondary N) is 1. The highest BCUT2D eigenvalue weighted by Crippen LogP contribution is 2.32. The fourth-order valence-electron chi connectivity index (χ4n) is 4.20. The number of aryl methyl sites for hydroxylation is 1. The average Bonchev–Trinajstić information content (AvgIpc) is 2.82. The fourth-order valence-corrected chi connectivity index (χ4v) is 4.20. The second-order valence-electron chi connectivity index (χ2n) is 8.32. The summed E-state index contributed by atoms with van der Waals surface area (Å²) in [4.78, 5) is 24.2. The van der Waals surface area contributed by atoms with Gasteiger partial charge in [0.15, 0.2) is 5.78 Å². The van der Waals surface area contributed by atoms with Crippen LogP contribution in [0.25, 0.3) is 5.70 Å². The van der Waals surface area contributed by atoms with Gasteiger partial charge in [-0.2, -0.15) is 0 Å². The molecular formula is C22H29NO2. The first-order valence-electron chi connectivity index (χ1n) is 9.52. The summed E-state index contributed by atoms with van der Waals surface area (Å²) in [6.07, 6.45) is 10.4. The third-order valence-electron chi connectivity index (χ3n) is 5.56. The summed E-state index contributed by atoms with van der Waals surface area (Å²) in [5.74, 6) is 0.391. The van der Waals surface area contributed by atoms with Gasteiger partial charge in [0.1, 0.15) is 6.29 Å². The minimum absolute atomic E-state index is 0.0995. The van der Waals surface area contributed by atoms with E-state index < -0.39 is 0 Å². The predicted molar refractivity (Wildman–Crippen MR) is 102 cm³/mol. The van der Waals surface area contributed by atoms with E-state index in [2.05, 4.69) is 25.2 Å². The van der Waals surface area contributed by atoms with Crippen molar-refractivity contribution in [3.8, 4) is 0 Å². The van der Waals surface area contributed by atoms with Crippen LogP contribution < -0.4 is 5.32 Å². The molecule has 134 valence electrons. The largest absolute Gasteiger partial charge is 0.379 e. The van der Waals surface area contributed by atoms with Gasteiger partial charge in [0, 0.05) is 34.4 Å². The quantitative estimate of drug-likeness (QED) is 0.497. The molecule has 1 aliphatic carbocycles. The maximum atomic E-state index is 12.9. The van der Waals surface area contributed by atoms with Crippen molar-refractivity contribution >= 4 is 17.8 Å². The summed E-state index contributed by atoms with van der Waals surface area (Å²) in [6, 6.07) is 4.04. The molecule has 1 aromatic rings. The summed E-state index contributed by atoms with van der Waals surface area (Å²) >= 11 is 0. The molecule has 1 saturated carbocycles. The van der Waals surface area contributed by atoms with Crippen molar-refractivity contribution in [2.75, 3.05) is 0 Å². The van der Waals surface area contributed by atoms with Gasteiger partial charge in [0.05, 0.1) is 0 Å². The Balaban J connectivity index is 1.97. The molecule has 2 aliphatic rings. The standard InChI is InChI=1S/C22H29NO2/c1-15-10-17-13-22(2,3)23-20(19(17)11-18(15)14-24)12-21(25)16-8-6-4-5-7-9-16/h10-12,14,16,23H,4-9,13H2,1-3H3. The Bertz CT molecular complexity index is 707. The number of fused-ring (bicyclic) bond motifs is 1. The van der Waals surface area contributed by atoms with Crippen molar-refractivity contribution < 1.29 is 9.59 Å². The normalized spacial score (nSPS) is 22.0. The molecule has 1 aromatic carbocycles. The van der Waals surface area contributed by atoms with Gasteiger partial charge in [0.2, 0.25) is 0 Å². The van der Waals surface area contributed by atoms with Crippen molar-refractivity contribution in [3.63, 3.8) is 0 Å². The highest BCUT2D eigenvalue weighted by atomic mass is 16.1. The number of ketones is 1. The summed E-state index contributed by atoms with van der Waals surface area (Å²) in [6.45, 7) is 6.28. The van der Waals surface area contributed by atoms with E-state index in [0.717, 1.165) is 55.2 Å². The molecule has 0 saturated heterocycles. The molecule has 0 spiro atoms. The van der Waals surface area contributed by atoms with Crippen molar-refractivity contribution in [1.82, 2.24) is 5.32 Å². The van der Waals surface area contributed by atoms with Crippen LogP contribution in [0.15, 0.2) is 18.2 Å². The van der Waals surface area contributed by atoms with E-state index in [-0.39, 0.29) is 17.2 Å². The van der Waals surface area contributed by atoms with Gasteiger partial charge in [-0.05, 0) is 57.2 Å². The van der Waals surface area contributed by atoms with Crippen molar-refractivity contribution in [1.29, 1.82) is 0 Å². The Labute approximate surface area is 150 Å². The number of aldehydes is 1. The van der Waals surface area contributed by atoms with Crippen LogP contribution >= 0.6 is 0 Å². The number of hydrogen-bond donors (Lipinski definition) is 1. The Hall–Kier alpha value is -1.90. The van der Waals surface area contributed by atoms with Crippen molar-refractivity contribution in [3.05, 3.63) is 40.5 Å². The number of carbonyl (C=O) groups excluding carboxylic acids is 2. The molecule has 0 aromatic heterocycles. The second kappa shape index (κ2) is 7.15. The van der Waals surface area contributed by atoms with Crippen LogP contribution in [0.1, 0.15) is 79.4 Å². The van der Waals surface area contributed by atoms with E-state index in [0.29, 0.717) is 5.56 Å². The lowest BCUT2D eigenvalue weighted by Crippen LogP contribution is -2.44. The zero-order valence-electron chi connectivity index (χ0n) is 15.7. The highest BCUT2D eigenvalue weighted by Gasteiger charge is 2.29. The van der Waals surface area contributed by atoms with Crippen LogP contribution in [0.3, 0.4) is 0 Å². The minimum atomic E-state index is -0.0995. The molecule has 1 fully saturated rings.